The van der Waals surface area contributed by atoms with Crippen molar-refractivity contribution in [3.63, 3.8) is 0 Å². The maximum absolute atomic E-state index is 6.16. The van der Waals surface area contributed by atoms with Crippen molar-refractivity contribution in [3.8, 4) is 0 Å². The van der Waals surface area contributed by atoms with Crippen molar-refractivity contribution in [2.45, 2.75) is 6.92 Å². The number of anilines is 1. The summed E-state index contributed by atoms with van der Waals surface area (Å²) in [5, 5.41) is 1.22. The molecule has 0 amide bonds. The van der Waals surface area contributed by atoms with E-state index in [9.17, 15) is 0 Å². The Morgan fingerprint density at radius 1 is 0.950 bits per heavy atom. The highest BCUT2D eigenvalue weighted by molar-refractivity contribution is 5.81. The van der Waals surface area contributed by atoms with Crippen molar-refractivity contribution < 1.29 is 4.57 Å². The van der Waals surface area contributed by atoms with E-state index in [4.69, 9.17) is 5.73 Å². The van der Waals surface area contributed by atoms with E-state index in [0.717, 1.165) is 16.9 Å². The summed E-state index contributed by atoms with van der Waals surface area (Å²) in [6.45, 7) is 2.09. The van der Waals surface area contributed by atoms with Gasteiger partial charge in [0.2, 0.25) is 0 Å². The molecule has 0 fully saturated rings. The van der Waals surface area contributed by atoms with Gasteiger partial charge in [-0.2, -0.15) is 4.57 Å². The molecule has 3 rings (SSSR count). The van der Waals surface area contributed by atoms with Crippen molar-refractivity contribution >= 4 is 29.0 Å². The van der Waals surface area contributed by atoms with Crippen LogP contribution in [0.3, 0.4) is 0 Å². The van der Waals surface area contributed by atoms with Gasteiger partial charge in [0.1, 0.15) is 5.52 Å². The summed E-state index contributed by atoms with van der Waals surface area (Å²) in [6, 6.07) is 20.5. The van der Waals surface area contributed by atoms with Crippen molar-refractivity contribution in [2.24, 2.45) is 0 Å². The topological polar surface area (TPSA) is 29.9 Å². The fourth-order valence-corrected chi connectivity index (χ4v) is 2.42. The Labute approximate surface area is 118 Å². The summed E-state index contributed by atoms with van der Waals surface area (Å²) in [5.41, 5.74) is 9.64. The number of hydrogen-bond donors (Lipinski definition) is 1. The third kappa shape index (κ3) is 2.28. The van der Waals surface area contributed by atoms with Crippen LogP contribution in [0.15, 0.2) is 60.7 Å². The number of aromatic nitrogens is 1. The molecule has 2 heteroatoms. The second kappa shape index (κ2) is 5.17. The molecule has 2 N–H and O–H groups in total. The molecule has 0 aliphatic heterocycles. The average molecular weight is 261 g/mol. The molecule has 2 nitrogen and oxygen atoms in total. The Kier molecular flexibility index (Phi) is 3.21. The standard InChI is InChI=1S/C18H16N2/c1-14-13-18(19)20(17-10-6-5-9-16(14)17)12-11-15-7-3-2-4-8-15/h2-13,19H,1H3/p+1. The largest absolute Gasteiger partial charge is 0.287 e. The Hall–Kier alpha value is -2.61. The molecular weight excluding hydrogens is 244 g/mol. The zero-order chi connectivity index (χ0) is 13.9. The molecule has 0 bridgehead atoms. The predicted octanol–water partition coefficient (Wildman–Crippen LogP) is 3.65. The third-order valence-corrected chi connectivity index (χ3v) is 3.45. The molecule has 1 heterocycles. The maximum Gasteiger partial charge on any atom is 0.277 e. The van der Waals surface area contributed by atoms with Crippen molar-refractivity contribution in [1.29, 1.82) is 0 Å². The van der Waals surface area contributed by atoms with Crippen LogP contribution in [0.1, 0.15) is 11.1 Å². The minimum Gasteiger partial charge on any atom is -0.287 e. The number of benzene rings is 2. The van der Waals surface area contributed by atoms with Gasteiger partial charge >= 0.3 is 0 Å². The predicted molar refractivity (Wildman–Crippen MR) is 85.0 cm³/mol. The zero-order valence-electron chi connectivity index (χ0n) is 11.5. The van der Waals surface area contributed by atoms with Gasteiger partial charge in [-0.3, -0.25) is 5.73 Å². The molecule has 0 saturated heterocycles. The Morgan fingerprint density at radius 2 is 1.65 bits per heavy atom. The molecule has 98 valence electrons. The van der Waals surface area contributed by atoms with Crippen molar-refractivity contribution in [2.75, 3.05) is 5.73 Å². The minimum absolute atomic E-state index is 0.744. The lowest BCUT2D eigenvalue weighted by molar-refractivity contribution is -0.521. The summed E-state index contributed by atoms with van der Waals surface area (Å²) in [5.74, 6) is 0.744. The summed E-state index contributed by atoms with van der Waals surface area (Å²) < 4.78 is 2.02. The zero-order valence-corrected chi connectivity index (χ0v) is 11.5. The lowest BCUT2D eigenvalue weighted by Gasteiger charge is -2.05. The van der Waals surface area contributed by atoms with Crippen LogP contribution in [0, 0.1) is 6.92 Å². The van der Waals surface area contributed by atoms with Crippen LogP contribution in [0.25, 0.3) is 23.2 Å². The van der Waals surface area contributed by atoms with Gasteiger partial charge in [0.05, 0.1) is 6.20 Å². The van der Waals surface area contributed by atoms with Crippen LogP contribution >= 0.6 is 0 Å². The maximum atomic E-state index is 6.16. The van der Waals surface area contributed by atoms with Gasteiger partial charge in [0.15, 0.2) is 0 Å². The molecule has 0 aliphatic carbocycles. The number of hydrogen-bond acceptors (Lipinski definition) is 1. The second-order valence-corrected chi connectivity index (χ2v) is 4.87. The molecule has 3 aromatic rings. The first kappa shape index (κ1) is 12.4. The SMILES string of the molecule is Cc1cc(N)[n+](C=Cc2ccccc2)c2ccccc12. The Bertz CT molecular complexity index is 774. The summed E-state index contributed by atoms with van der Waals surface area (Å²) in [4.78, 5) is 0. The molecule has 0 unspecified atom stereocenters. The normalized spacial score (nSPS) is 11.2. The number of rotatable bonds is 2. The van der Waals surface area contributed by atoms with Gasteiger partial charge in [0, 0.05) is 11.5 Å². The first-order chi connectivity index (χ1) is 9.75. The second-order valence-electron chi connectivity index (χ2n) is 4.87. The van der Waals surface area contributed by atoms with Gasteiger partial charge < -0.3 is 0 Å². The highest BCUT2D eigenvalue weighted by Crippen LogP contribution is 2.17. The molecule has 0 radical (unpaired) electrons. The van der Waals surface area contributed by atoms with Crippen LogP contribution in [0.4, 0.5) is 5.82 Å². The molecule has 0 aliphatic rings. The number of nitrogens with two attached hydrogens (primary N) is 1. The number of para-hydroxylation sites is 1. The van der Waals surface area contributed by atoms with E-state index in [0.29, 0.717) is 0 Å². The highest BCUT2D eigenvalue weighted by Gasteiger charge is 2.09. The van der Waals surface area contributed by atoms with Crippen molar-refractivity contribution in [1.82, 2.24) is 0 Å². The van der Waals surface area contributed by atoms with E-state index in [2.05, 4.69) is 43.3 Å². The fraction of sp³-hybridized carbons (Fsp3) is 0.0556. The van der Waals surface area contributed by atoms with Gasteiger partial charge in [-0.1, -0.05) is 48.5 Å². The smallest absolute Gasteiger partial charge is 0.277 e. The summed E-state index contributed by atoms with van der Waals surface area (Å²) in [6.07, 6.45) is 4.09. The van der Waals surface area contributed by atoms with Crippen LogP contribution in [-0.4, -0.2) is 0 Å². The van der Waals surface area contributed by atoms with Crippen LogP contribution in [0.2, 0.25) is 0 Å². The van der Waals surface area contributed by atoms with E-state index < -0.39 is 0 Å². The lowest BCUT2D eigenvalue weighted by atomic mass is 10.1. The number of nitrogen functional groups attached to an aromatic ring is 1. The van der Waals surface area contributed by atoms with Gasteiger partial charge in [0.25, 0.3) is 5.82 Å². The van der Waals surface area contributed by atoms with Gasteiger partial charge in [-0.25, -0.2) is 0 Å². The Morgan fingerprint density at radius 3 is 2.45 bits per heavy atom. The summed E-state index contributed by atoms with van der Waals surface area (Å²) >= 11 is 0. The van der Waals surface area contributed by atoms with E-state index in [1.54, 1.807) is 0 Å². The first-order valence-corrected chi connectivity index (χ1v) is 6.68. The monoisotopic (exact) mass is 261 g/mol. The minimum atomic E-state index is 0.744. The first-order valence-electron chi connectivity index (χ1n) is 6.68. The Balaban J connectivity index is 2.14. The molecule has 0 spiro atoms. The lowest BCUT2D eigenvalue weighted by Crippen LogP contribution is -2.31. The number of pyridine rings is 1. The van der Waals surface area contributed by atoms with Crippen molar-refractivity contribution in [3.05, 3.63) is 71.8 Å². The number of aryl methyl sites for hydroxylation is 1. The molecular formula is C18H17N2+. The van der Waals surface area contributed by atoms with Crippen LogP contribution in [0.5, 0.6) is 0 Å². The third-order valence-electron chi connectivity index (χ3n) is 3.45. The van der Waals surface area contributed by atoms with E-state index in [1.807, 2.05) is 41.1 Å². The quantitative estimate of drug-likeness (QED) is 0.701. The molecule has 0 atom stereocenters. The summed E-state index contributed by atoms with van der Waals surface area (Å²) in [7, 11) is 0. The van der Waals surface area contributed by atoms with E-state index in [-0.39, 0.29) is 0 Å². The highest BCUT2D eigenvalue weighted by atomic mass is 15.0. The molecule has 1 aromatic heterocycles. The molecule has 2 aromatic carbocycles. The number of nitrogens with zero attached hydrogens (tertiary/aromatic N) is 1. The van der Waals surface area contributed by atoms with Crippen LogP contribution in [-0.2, 0) is 0 Å². The number of fused-ring (bicyclic) bond motifs is 1. The average Bonchev–Trinajstić information content (AvgIpc) is 2.48. The molecule has 0 saturated carbocycles. The molecule has 20 heavy (non-hydrogen) atoms. The van der Waals surface area contributed by atoms with Crippen LogP contribution < -0.4 is 10.3 Å². The van der Waals surface area contributed by atoms with Gasteiger partial charge in [-0.15, -0.1) is 0 Å². The van der Waals surface area contributed by atoms with E-state index >= 15 is 0 Å². The fourth-order valence-electron chi connectivity index (χ4n) is 2.42. The van der Waals surface area contributed by atoms with Gasteiger partial charge in [-0.05, 0) is 30.2 Å². The van der Waals surface area contributed by atoms with E-state index in [1.165, 1.54) is 10.9 Å².